The molecule has 1 atom stereocenters. The minimum absolute atomic E-state index is 0.708. The maximum Gasteiger partial charge on any atom is 0.0991 e. The second-order valence-corrected chi connectivity index (χ2v) is 5.21. The van der Waals surface area contributed by atoms with E-state index in [1.807, 2.05) is 23.9 Å². The standard InChI is InChI=1S/C13H17NS/c1-4-11(3)15-9-13-6-5-12(8-14)7-10(13)2/h5-7,11H,4,9H2,1-3H3. The third-order valence-electron chi connectivity index (χ3n) is 2.57. The monoisotopic (exact) mass is 219 g/mol. The van der Waals surface area contributed by atoms with Crippen LogP contribution in [0.3, 0.4) is 0 Å². The van der Waals surface area contributed by atoms with Crippen molar-refractivity contribution in [1.29, 1.82) is 5.26 Å². The Morgan fingerprint density at radius 3 is 2.73 bits per heavy atom. The fraction of sp³-hybridized carbons (Fsp3) is 0.462. The molecule has 1 nitrogen and oxygen atoms in total. The van der Waals surface area contributed by atoms with E-state index in [-0.39, 0.29) is 0 Å². The van der Waals surface area contributed by atoms with Gasteiger partial charge in [-0.1, -0.05) is 19.9 Å². The van der Waals surface area contributed by atoms with Gasteiger partial charge in [-0.3, -0.25) is 0 Å². The molecule has 1 unspecified atom stereocenters. The van der Waals surface area contributed by atoms with Gasteiger partial charge in [0.2, 0.25) is 0 Å². The number of benzene rings is 1. The lowest BCUT2D eigenvalue weighted by molar-refractivity contribution is 0.905. The smallest absolute Gasteiger partial charge is 0.0991 e. The maximum absolute atomic E-state index is 8.75. The molecule has 0 amide bonds. The number of hydrogen-bond acceptors (Lipinski definition) is 2. The Kier molecular flexibility index (Phi) is 4.71. The van der Waals surface area contributed by atoms with Crippen LogP contribution in [0.1, 0.15) is 37.0 Å². The summed E-state index contributed by atoms with van der Waals surface area (Å²) >= 11 is 1.97. The first-order chi connectivity index (χ1) is 7.17. The molecule has 0 fully saturated rings. The summed E-state index contributed by atoms with van der Waals surface area (Å²) in [5, 5.41) is 9.46. The average molecular weight is 219 g/mol. The van der Waals surface area contributed by atoms with Crippen molar-refractivity contribution in [3.05, 3.63) is 34.9 Å². The van der Waals surface area contributed by atoms with E-state index in [4.69, 9.17) is 5.26 Å². The molecule has 0 aliphatic carbocycles. The number of thioether (sulfide) groups is 1. The molecule has 1 aromatic rings. The average Bonchev–Trinajstić information content (AvgIpc) is 2.26. The predicted octanol–water partition coefficient (Wildman–Crippen LogP) is 3.90. The molecule has 0 aliphatic rings. The van der Waals surface area contributed by atoms with Gasteiger partial charge in [-0.25, -0.2) is 0 Å². The molecule has 0 bridgehead atoms. The first-order valence-corrected chi connectivity index (χ1v) is 6.33. The molecule has 80 valence electrons. The van der Waals surface area contributed by atoms with Crippen molar-refractivity contribution in [3.8, 4) is 6.07 Å². The Morgan fingerprint density at radius 1 is 1.47 bits per heavy atom. The van der Waals surface area contributed by atoms with Crippen LogP contribution in [0, 0.1) is 18.3 Å². The molecule has 15 heavy (non-hydrogen) atoms. The molecule has 1 aromatic carbocycles. The highest BCUT2D eigenvalue weighted by Crippen LogP contribution is 2.22. The number of nitriles is 1. The lowest BCUT2D eigenvalue weighted by Crippen LogP contribution is -1.95. The molecule has 0 saturated heterocycles. The highest BCUT2D eigenvalue weighted by atomic mass is 32.2. The van der Waals surface area contributed by atoms with Crippen LogP contribution in [0.25, 0.3) is 0 Å². The molecular formula is C13H17NS. The van der Waals surface area contributed by atoms with E-state index in [1.165, 1.54) is 17.5 Å². The zero-order valence-corrected chi connectivity index (χ0v) is 10.4. The van der Waals surface area contributed by atoms with E-state index in [9.17, 15) is 0 Å². The SMILES string of the molecule is CCC(C)SCc1ccc(C#N)cc1C. The van der Waals surface area contributed by atoms with Crippen molar-refractivity contribution in [1.82, 2.24) is 0 Å². The van der Waals surface area contributed by atoms with Gasteiger partial charge in [-0.15, -0.1) is 0 Å². The zero-order chi connectivity index (χ0) is 11.3. The van der Waals surface area contributed by atoms with Gasteiger partial charge in [0, 0.05) is 11.0 Å². The van der Waals surface area contributed by atoms with E-state index >= 15 is 0 Å². The quantitative estimate of drug-likeness (QED) is 0.767. The van der Waals surface area contributed by atoms with Crippen molar-refractivity contribution in [3.63, 3.8) is 0 Å². The molecule has 0 aromatic heterocycles. The van der Waals surface area contributed by atoms with Crippen molar-refractivity contribution >= 4 is 11.8 Å². The van der Waals surface area contributed by atoms with Crippen molar-refractivity contribution in [2.75, 3.05) is 0 Å². The Bertz CT molecular complexity index is 365. The molecule has 1 rings (SSSR count). The third-order valence-corrected chi connectivity index (χ3v) is 3.95. The molecule has 0 saturated carbocycles. The molecule has 0 spiro atoms. The van der Waals surface area contributed by atoms with Gasteiger partial charge < -0.3 is 0 Å². The van der Waals surface area contributed by atoms with Crippen molar-refractivity contribution in [2.45, 2.75) is 38.2 Å². The highest BCUT2D eigenvalue weighted by molar-refractivity contribution is 7.99. The zero-order valence-electron chi connectivity index (χ0n) is 9.58. The largest absolute Gasteiger partial charge is 0.192 e. The Hall–Kier alpha value is -0.940. The number of nitrogens with zero attached hydrogens (tertiary/aromatic N) is 1. The fourth-order valence-corrected chi connectivity index (χ4v) is 2.30. The van der Waals surface area contributed by atoms with Crippen LogP contribution in [-0.4, -0.2) is 5.25 Å². The van der Waals surface area contributed by atoms with Crippen molar-refractivity contribution in [2.24, 2.45) is 0 Å². The first kappa shape index (κ1) is 12.1. The maximum atomic E-state index is 8.75. The van der Waals surface area contributed by atoms with Gasteiger partial charge in [-0.2, -0.15) is 17.0 Å². The second kappa shape index (κ2) is 5.82. The molecule has 0 radical (unpaired) electrons. The highest BCUT2D eigenvalue weighted by Gasteiger charge is 2.03. The van der Waals surface area contributed by atoms with Gasteiger partial charge >= 0.3 is 0 Å². The van der Waals surface area contributed by atoms with Crippen LogP contribution in [0.2, 0.25) is 0 Å². The van der Waals surface area contributed by atoms with Gasteiger partial charge in [-0.05, 0) is 36.6 Å². The Balaban J connectivity index is 2.67. The van der Waals surface area contributed by atoms with E-state index in [2.05, 4.69) is 32.9 Å². The van der Waals surface area contributed by atoms with Crippen LogP contribution in [-0.2, 0) is 5.75 Å². The third kappa shape index (κ3) is 3.60. The summed E-state index contributed by atoms with van der Waals surface area (Å²) in [6.45, 7) is 6.54. The number of hydrogen-bond donors (Lipinski definition) is 0. The summed E-state index contributed by atoms with van der Waals surface area (Å²) in [5.74, 6) is 1.05. The van der Waals surface area contributed by atoms with Gasteiger partial charge in [0.25, 0.3) is 0 Å². The predicted molar refractivity (Wildman–Crippen MR) is 66.9 cm³/mol. The number of rotatable bonds is 4. The van der Waals surface area contributed by atoms with E-state index in [0.717, 1.165) is 11.3 Å². The number of aryl methyl sites for hydroxylation is 1. The van der Waals surface area contributed by atoms with Crippen LogP contribution >= 0.6 is 11.8 Å². The molecule has 0 N–H and O–H groups in total. The first-order valence-electron chi connectivity index (χ1n) is 5.28. The summed E-state index contributed by atoms with van der Waals surface area (Å²) in [6, 6.07) is 8.10. The molecule has 2 heteroatoms. The fourth-order valence-electron chi connectivity index (χ4n) is 1.28. The minimum atomic E-state index is 0.708. The van der Waals surface area contributed by atoms with Gasteiger partial charge in [0.15, 0.2) is 0 Å². The molecular weight excluding hydrogens is 202 g/mol. The normalized spacial score (nSPS) is 12.1. The molecule has 0 aliphatic heterocycles. The summed E-state index contributed by atoms with van der Waals surface area (Å²) < 4.78 is 0. The Labute approximate surface area is 96.5 Å². The summed E-state index contributed by atoms with van der Waals surface area (Å²) in [4.78, 5) is 0. The van der Waals surface area contributed by atoms with Crippen LogP contribution in [0.5, 0.6) is 0 Å². The topological polar surface area (TPSA) is 23.8 Å². The Morgan fingerprint density at radius 2 is 2.20 bits per heavy atom. The summed E-state index contributed by atoms with van der Waals surface area (Å²) in [7, 11) is 0. The van der Waals surface area contributed by atoms with E-state index in [1.54, 1.807) is 0 Å². The van der Waals surface area contributed by atoms with Crippen LogP contribution in [0.15, 0.2) is 18.2 Å². The summed E-state index contributed by atoms with van der Waals surface area (Å²) in [5.41, 5.74) is 3.33. The lowest BCUT2D eigenvalue weighted by Gasteiger charge is -2.10. The van der Waals surface area contributed by atoms with Crippen LogP contribution < -0.4 is 0 Å². The summed E-state index contributed by atoms with van der Waals surface area (Å²) in [6.07, 6.45) is 1.21. The molecule has 0 heterocycles. The second-order valence-electron chi connectivity index (χ2n) is 3.78. The van der Waals surface area contributed by atoms with Gasteiger partial charge in [0.1, 0.15) is 0 Å². The van der Waals surface area contributed by atoms with Crippen molar-refractivity contribution < 1.29 is 0 Å². The lowest BCUT2D eigenvalue weighted by atomic mass is 10.1. The van der Waals surface area contributed by atoms with E-state index < -0.39 is 0 Å². The van der Waals surface area contributed by atoms with E-state index in [0.29, 0.717) is 5.25 Å². The van der Waals surface area contributed by atoms with Gasteiger partial charge in [0.05, 0.1) is 11.6 Å². The van der Waals surface area contributed by atoms with Crippen LogP contribution in [0.4, 0.5) is 0 Å². The minimum Gasteiger partial charge on any atom is -0.192 e.